The predicted octanol–water partition coefficient (Wildman–Crippen LogP) is 3.87. The van der Waals surface area contributed by atoms with Gasteiger partial charge in [-0.1, -0.05) is 38.1 Å². The van der Waals surface area contributed by atoms with Crippen molar-refractivity contribution in [3.63, 3.8) is 0 Å². The molecule has 0 N–H and O–H groups in total. The van der Waals surface area contributed by atoms with Crippen LogP contribution in [0.4, 0.5) is 5.69 Å². The third kappa shape index (κ3) is 3.76. The molecule has 6 nitrogen and oxygen atoms in total. The summed E-state index contributed by atoms with van der Waals surface area (Å²) >= 11 is 0. The van der Waals surface area contributed by atoms with Gasteiger partial charge in [0.25, 0.3) is 11.8 Å². The molecule has 0 atom stereocenters. The maximum Gasteiger partial charge on any atom is 0.290 e. The van der Waals surface area contributed by atoms with Crippen LogP contribution in [-0.4, -0.2) is 46.2 Å². The summed E-state index contributed by atoms with van der Waals surface area (Å²) in [5.74, 6) is -0.111. The first-order valence-electron chi connectivity index (χ1n) is 9.67. The van der Waals surface area contributed by atoms with Crippen molar-refractivity contribution in [2.24, 2.45) is 0 Å². The topological polar surface area (TPSA) is 57.9 Å². The Kier molecular flexibility index (Phi) is 6.09. The summed E-state index contributed by atoms with van der Waals surface area (Å²) in [4.78, 5) is 34.1. The van der Waals surface area contributed by atoms with Gasteiger partial charge in [0.2, 0.25) is 5.82 Å². The Bertz CT molecular complexity index is 959. The highest BCUT2D eigenvalue weighted by Crippen LogP contribution is 2.20. The molecular weight excluding hydrogens is 352 g/mol. The zero-order chi connectivity index (χ0) is 20.1. The molecule has 0 aliphatic carbocycles. The van der Waals surface area contributed by atoms with E-state index in [-0.39, 0.29) is 23.3 Å². The first-order chi connectivity index (χ1) is 13.6. The van der Waals surface area contributed by atoms with Crippen LogP contribution in [0.15, 0.2) is 54.7 Å². The van der Waals surface area contributed by atoms with Gasteiger partial charge in [-0.15, -0.1) is 0 Å². The van der Waals surface area contributed by atoms with Crippen LogP contribution in [-0.2, 0) is 0 Å². The molecule has 3 rings (SSSR count). The molecular formula is C22H26N4O2. The number of benzene rings is 1. The molecule has 0 unspecified atom stereocenters. The fourth-order valence-electron chi connectivity index (χ4n) is 3.27. The van der Waals surface area contributed by atoms with Gasteiger partial charge in [0.05, 0.1) is 5.52 Å². The van der Waals surface area contributed by atoms with E-state index in [0.717, 1.165) is 18.5 Å². The van der Waals surface area contributed by atoms with E-state index >= 15 is 0 Å². The second-order valence-corrected chi connectivity index (χ2v) is 6.73. The highest BCUT2D eigenvalue weighted by molar-refractivity contribution is 6.10. The third-order valence-electron chi connectivity index (χ3n) is 4.66. The van der Waals surface area contributed by atoms with E-state index in [1.54, 1.807) is 27.4 Å². The number of aromatic nitrogens is 2. The SMILES string of the molecule is CCCN(CCC)C(=O)c1nc(C(=O)N(C)c2ccccc2)c2ccccn12. The molecule has 3 aromatic rings. The minimum Gasteiger partial charge on any atom is -0.336 e. The van der Waals surface area contributed by atoms with E-state index in [2.05, 4.69) is 4.98 Å². The van der Waals surface area contributed by atoms with Crippen LogP contribution >= 0.6 is 0 Å². The molecule has 0 saturated heterocycles. The second-order valence-electron chi connectivity index (χ2n) is 6.73. The number of hydrogen-bond donors (Lipinski definition) is 0. The van der Waals surface area contributed by atoms with Gasteiger partial charge in [0.15, 0.2) is 5.69 Å². The van der Waals surface area contributed by atoms with Gasteiger partial charge >= 0.3 is 0 Å². The Labute approximate surface area is 165 Å². The minimum atomic E-state index is -0.244. The molecule has 1 aromatic carbocycles. The molecule has 2 heterocycles. The van der Waals surface area contributed by atoms with Crippen LogP contribution in [0.5, 0.6) is 0 Å². The van der Waals surface area contributed by atoms with Gasteiger partial charge in [-0.25, -0.2) is 4.98 Å². The number of hydrogen-bond acceptors (Lipinski definition) is 3. The maximum absolute atomic E-state index is 13.1. The zero-order valence-corrected chi connectivity index (χ0v) is 16.6. The summed E-state index contributed by atoms with van der Waals surface area (Å²) in [5.41, 5.74) is 1.69. The lowest BCUT2D eigenvalue weighted by Crippen LogP contribution is -2.34. The molecule has 0 radical (unpaired) electrons. The number of para-hydroxylation sites is 1. The average Bonchev–Trinajstić information content (AvgIpc) is 3.12. The summed E-state index contributed by atoms with van der Waals surface area (Å²) < 4.78 is 1.72. The van der Waals surface area contributed by atoms with Crippen LogP contribution in [0.3, 0.4) is 0 Å². The fraction of sp³-hybridized carbons (Fsp3) is 0.318. The zero-order valence-electron chi connectivity index (χ0n) is 16.6. The van der Waals surface area contributed by atoms with Crippen molar-refractivity contribution in [1.82, 2.24) is 14.3 Å². The van der Waals surface area contributed by atoms with Crippen molar-refractivity contribution >= 4 is 23.0 Å². The van der Waals surface area contributed by atoms with Crippen molar-refractivity contribution < 1.29 is 9.59 Å². The average molecular weight is 378 g/mol. The summed E-state index contributed by atoms with van der Waals surface area (Å²) in [6, 6.07) is 14.9. The first kappa shape index (κ1) is 19.6. The van der Waals surface area contributed by atoms with E-state index in [4.69, 9.17) is 0 Å². The highest BCUT2D eigenvalue weighted by Gasteiger charge is 2.26. The van der Waals surface area contributed by atoms with Crippen LogP contribution in [0.2, 0.25) is 0 Å². The summed E-state index contributed by atoms with van der Waals surface area (Å²) in [6.07, 6.45) is 3.53. The lowest BCUT2D eigenvalue weighted by Gasteiger charge is -2.20. The molecule has 2 aromatic heterocycles. The van der Waals surface area contributed by atoms with E-state index in [9.17, 15) is 9.59 Å². The Morgan fingerprint density at radius 2 is 1.57 bits per heavy atom. The van der Waals surface area contributed by atoms with Gasteiger partial charge < -0.3 is 9.80 Å². The smallest absolute Gasteiger partial charge is 0.290 e. The molecule has 0 aliphatic heterocycles. The number of rotatable bonds is 7. The Hall–Kier alpha value is -3.15. The number of fused-ring (bicyclic) bond motifs is 1. The summed E-state index contributed by atoms with van der Waals surface area (Å²) in [5, 5.41) is 0. The standard InChI is InChI=1S/C22H26N4O2/c1-4-14-25(15-5-2)22(28)20-23-19(18-13-9-10-16-26(18)20)21(27)24(3)17-11-7-6-8-12-17/h6-13,16H,4-5,14-15H2,1-3H3. The number of amides is 2. The number of anilines is 1. The van der Waals surface area contributed by atoms with Crippen LogP contribution in [0.1, 0.15) is 47.8 Å². The van der Waals surface area contributed by atoms with Crippen LogP contribution in [0, 0.1) is 0 Å². The lowest BCUT2D eigenvalue weighted by molar-refractivity contribution is 0.0742. The van der Waals surface area contributed by atoms with Crippen molar-refractivity contribution in [3.8, 4) is 0 Å². The van der Waals surface area contributed by atoms with E-state index in [0.29, 0.717) is 18.6 Å². The number of imidazole rings is 1. The number of carbonyl (C=O) groups excluding carboxylic acids is 2. The number of carbonyl (C=O) groups is 2. The summed E-state index contributed by atoms with van der Waals surface area (Å²) in [6.45, 7) is 5.43. The Morgan fingerprint density at radius 1 is 0.929 bits per heavy atom. The van der Waals surface area contributed by atoms with Gasteiger partial charge in [-0.2, -0.15) is 0 Å². The molecule has 28 heavy (non-hydrogen) atoms. The highest BCUT2D eigenvalue weighted by atomic mass is 16.2. The van der Waals surface area contributed by atoms with Gasteiger partial charge in [0.1, 0.15) is 0 Å². The van der Waals surface area contributed by atoms with Crippen LogP contribution in [0.25, 0.3) is 5.52 Å². The normalized spacial score (nSPS) is 10.8. The molecule has 146 valence electrons. The molecule has 6 heteroatoms. The van der Waals surface area contributed by atoms with Gasteiger partial charge in [-0.3, -0.25) is 14.0 Å². The molecule has 0 spiro atoms. The van der Waals surface area contributed by atoms with E-state index in [1.165, 1.54) is 0 Å². The van der Waals surface area contributed by atoms with Crippen molar-refractivity contribution in [1.29, 1.82) is 0 Å². The Morgan fingerprint density at radius 3 is 2.21 bits per heavy atom. The molecule has 0 aliphatic rings. The van der Waals surface area contributed by atoms with Crippen molar-refractivity contribution in [2.45, 2.75) is 26.7 Å². The van der Waals surface area contributed by atoms with Gasteiger partial charge in [-0.05, 0) is 37.1 Å². The summed E-state index contributed by atoms with van der Waals surface area (Å²) in [7, 11) is 1.72. The van der Waals surface area contributed by atoms with E-state index in [1.807, 2.05) is 62.4 Å². The second kappa shape index (κ2) is 8.69. The third-order valence-corrected chi connectivity index (χ3v) is 4.66. The largest absolute Gasteiger partial charge is 0.336 e. The molecule has 0 fully saturated rings. The number of pyridine rings is 1. The first-order valence-corrected chi connectivity index (χ1v) is 9.67. The van der Waals surface area contributed by atoms with Crippen molar-refractivity contribution in [2.75, 3.05) is 25.0 Å². The molecule has 2 amide bonds. The van der Waals surface area contributed by atoms with Crippen LogP contribution < -0.4 is 4.90 Å². The van der Waals surface area contributed by atoms with E-state index < -0.39 is 0 Å². The fourth-order valence-corrected chi connectivity index (χ4v) is 3.27. The number of nitrogens with zero attached hydrogens (tertiary/aromatic N) is 4. The molecule has 0 saturated carbocycles. The minimum absolute atomic E-state index is 0.147. The van der Waals surface area contributed by atoms with Crippen molar-refractivity contribution in [3.05, 3.63) is 66.2 Å². The maximum atomic E-state index is 13.1. The molecule has 0 bridgehead atoms. The van der Waals surface area contributed by atoms with Gasteiger partial charge in [0, 0.05) is 32.0 Å². The predicted molar refractivity (Wildman–Crippen MR) is 111 cm³/mol. The quantitative estimate of drug-likeness (QED) is 0.627. The lowest BCUT2D eigenvalue weighted by atomic mass is 10.2. The Balaban J connectivity index is 2.03. The monoisotopic (exact) mass is 378 g/mol.